The maximum absolute atomic E-state index is 5.56. The lowest BCUT2D eigenvalue weighted by Gasteiger charge is -2.01. The molecule has 0 amide bonds. The first kappa shape index (κ1) is 7.15. The number of aryl methyl sites for hydroxylation is 1. The minimum atomic E-state index is -0.0203. The van der Waals surface area contributed by atoms with Crippen LogP contribution in [0.3, 0.4) is 0 Å². The molecule has 3 nitrogen and oxygen atoms in total. The summed E-state index contributed by atoms with van der Waals surface area (Å²) in [5, 5.41) is 0. The molecule has 10 heavy (non-hydrogen) atoms. The summed E-state index contributed by atoms with van der Waals surface area (Å²) in [6.45, 7) is 3.79. The van der Waals surface area contributed by atoms with E-state index in [-0.39, 0.29) is 6.04 Å². The third-order valence-electron chi connectivity index (χ3n) is 1.27. The first-order valence-corrected chi connectivity index (χ1v) is 3.24. The molecule has 54 valence electrons. The van der Waals surface area contributed by atoms with Gasteiger partial charge in [0.25, 0.3) is 0 Å². The van der Waals surface area contributed by atoms with E-state index < -0.39 is 0 Å². The molecule has 1 aromatic rings. The van der Waals surface area contributed by atoms with Crippen LogP contribution in [0.5, 0.6) is 0 Å². The summed E-state index contributed by atoms with van der Waals surface area (Å²) in [5.41, 5.74) is 7.32. The van der Waals surface area contributed by atoms with Crippen molar-refractivity contribution in [2.45, 2.75) is 19.9 Å². The number of nitrogens with zero attached hydrogens (tertiary/aromatic N) is 2. The van der Waals surface area contributed by atoms with Crippen LogP contribution in [0.1, 0.15) is 24.4 Å². The van der Waals surface area contributed by atoms with Crippen molar-refractivity contribution in [1.82, 2.24) is 9.97 Å². The van der Waals surface area contributed by atoms with Crippen molar-refractivity contribution in [1.29, 1.82) is 0 Å². The molecule has 3 heteroatoms. The summed E-state index contributed by atoms with van der Waals surface area (Å²) >= 11 is 0. The van der Waals surface area contributed by atoms with E-state index in [1.807, 2.05) is 13.8 Å². The van der Waals surface area contributed by atoms with Crippen LogP contribution in [0.25, 0.3) is 0 Å². The zero-order valence-electron chi connectivity index (χ0n) is 6.20. The molecule has 0 bridgehead atoms. The van der Waals surface area contributed by atoms with Crippen molar-refractivity contribution in [2.75, 3.05) is 0 Å². The van der Waals surface area contributed by atoms with E-state index >= 15 is 0 Å². The van der Waals surface area contributed by atoms with Crippen molar-refractivity contribution in [3.8, 4) is 0 Å². The first-order valence-electron chi connectivity index (χ1n) is 3.24. The number of rotatable bonds is 1. The molecule has 0 aromatic carbocycles. The summed E-state index contributed by atoms with van der Waals surface area (Å²) in [7, 11) is 0. The van der Waals surface area contributed by atoms with E-state index in [1.165, 1.54) is 0 Å². The molecular formula is C7H11N3. The smallest absolute Gasteiger partial charge is 0.0751 e. The monoisotopic (exact) mass is 137 g/mol. The number of nitrogens with two attached hydrogens (primary N) is 1. The second-order valence-corrected chi connectivity index (χ2v) is 2.37. The second-order valence-electron chi connectivity index (χ2n) is 2.37. The van der Waals surface area contributed by atoms with Gasteiger partial charge in [-0.2, -0.15) is 0 Å². The zero-order chi connectivity index (χ0) is 7.56. The molecule has 1 heterocycles. The summed E-state index contributed by atoms with van der Waals surface area (Å²) in [6, 6.07) is -0.0203. The third-order valence-corrected chi connectivity index (χ3v) is 1.27. The van der Waals surface area contributed by atoms with E-state index in [1.54, 1.807) is 12.4 Å². The zero-order valence-corrected chi connectivity index (χ0v) is 6.20. The van der Waals surface area contributed by atoms with E-state index in [4.69, 9.17) is 5.73 Å². The molecule has 0 unspecified atom stereocenters. The number of aromatic nitrogens is 2. The summed E-state index contributed by atoms with van der Waals surface area (Å²) in [5.74, 6) is 0. The van der Waals surface area contributed by atoms with Gasteiger partial charge in [-0.3, -0.25) is 9.97 Å². The van der Waals surface area contributed by atoms with Gasteiger partial charge in [0.2, 0.25) is 0 Å². The van der Waals surface area contributed by atoms with Crippen molar-refractivity contribution in [2.24, 2.45) is 5.73 Å². The molecule has 2 N–H and O–H groups in total. The Bertz CT molecular complexity index is 203. The lowest BCUT2D eigenvalue weighted by Crippen LogP contribution is -2.07. The van der Waals surface area contributed by atoms with Gasteiger partial charge in [0.15, 0.2) is 0 Å². The predicted octanol–water partition coefficient (Wildman–Crippen LogP) is 0.805. The number of hydrogen-bond donors (Lipinski definition) is 1. The van der Waals surface area contributed by atoms with Gasteiger partial charge >= 0.3 is 0 Å². The van der Waals surface area contributed by atoms with E-state index in [2.05, 4.69) is 9.97 Å². The Labute approximate surface area is 60.3 Å². The molecule has 0 saturated carbocycles. The van der Waals surface area contributed by atoms with Crippen LogP contribution in [0.2, 0.25) is 0 Å². The molecule has 0 aliphatic rings. The van der Waals surface area contributed by atoms with E-state index in [0.717, 1.165) is 11.4 Å². The molecule has 1 aromatic heterocycles. The van der Waals surface area contributed by atoms with Gasteiger partial charge in [-0.25, -0.2) is 0 Å². The van der Waals surface area contributed by atoms with Crippen molar-refractivity contribution in [3.63, 3.8) is 0 Å². The van der Waals surface area contributed by atoms with Gasteiger partial charge in [-0.15, -0.1) is 0 Å². The summed E-state index contributed by atoms with van der Waals surface area (Å²) < 4.78 is 0. The molecule has 0 radical (unpaired) electrons. The van der Waals surface area contributed by atoms with Gasteiger partial charge in [0.1, 0.15) is 0 Å². The SMILES string of the molecule is Cc1cnc([C@@H](C)N)cn1. The lowest BCUT2D eigenvalue weighted by atomic mass is 10.3. The Morgan fingerprint density at radius 1 is 1.40 bits per heavy atom. The highest BCUT2D eigenvalue weighted by Gasteiger charge is 1.98. The highest BCUT2D eigenvalue weighted by atomic mass is 14.8. The molecule has 0 fully saturated rings. The Balaban J connectivity index is 2.89. The molecule has 0 spiro atoms. The molecular weight excluding hydrogens is 126 g/mol. The van der Waals surface area contributed by atoms with Crippen LogP contribution in [0.4, 0.5) is 0 Å². The second kappa shape index (κ2) is 2.75. The van der Waals surface area contributed by atoms with E-state index in [0.29, 0.717) is 0 Å². The highest BCUT2D eigenvalue weighted by Crippen LogP contribution is 2.02. The van der Waals surface area contributed by atoms with Gasteiger partial charge in [0, 0.05) is 12.2 Å². The summed E-state index contributed by atoms with van der Waals surface area (Å²) in [6.07, 6.45) is 3.43. The minimum Gasteiger partial charge on any atom is -0.323 e. The van der Waals surface area contributed by atoms with Gasteiger partial charge < -0.3 is 5.73 Å². The van der Waals surface area contributed by atoms with Crippen molar-refractivity contribution in [3.05, 3.63) is 23.8 Å². The van der Waals surface area contributed by atoms with Crippen molar-refractivity contribution >= 4 is 0 Å². The lowest BCUT2D eigenvalue weighted by molar-refractivity contribution is 0.769. The molecule has 0 saturated heterocycles. The Kier molecular flexibility index (Phi) is 1.97. The Hall–Kier alpha value is -0.960. The van der Waals surface area contributed by atoms with Crippen LogP contribution in [0, 0.1) is 6.92 Å². The minimum absolute atomic E-state index is 0.0203. The van der Waals surface area contributed by atoms with Crippen LogP contribution in [-0.4, -0.2) is 9.97 Å². The van der Waals surface area contributed by atoms with Crippen molar-refractivity contribution < 1.29 is 0 Å². The normalized spacial score (nSPS) is 13.1. The van der Waals surface area contributed by atoms with Crippen LogP contribution >= 0.6 is 0 Å². The van der Waals surface area contributed by atoms with Crippen LogP contribution in [-0.2, 0) is 0 Å². The first-order chi connectivity index (χ1) is 4.70. The predicted molar refractivity (Wildman–Crippen MR) is 39.4 cm³/mol. The highest BCUT2D eigenvalue weighted by molar-refractivity contribution is 5.03. The van der Waals surface area contributed by atoms with Gasteiger partial charge in [-0.1, -0.05) is 0 Å². The van der Waals surface area contributed by atoms with Gasteiger partial charge in [0.05, 0.1) is 17.6 Å². The summed E-state index contributed by atoms with van der Waals surface area (Å²) in [4.78, 5) is 8.15. The fraction of sp³-hybridized carbons (Fsp3) is 0.429. The molecule has 1 atom stereocenters. The third kappa shape index (κ3) is 1.51. The van der Waals surface area contributed by atoms with Crippen LogP contribution in [0.15, 0.2) is 12.4 Å². The largest absolute Gasteiger partial charge is 0.323 e. The van der Waals surface area contributed by atoms with Crippen LogP contribution < -0.4 is 5.73 Å². The quantitative estimate of drug-likeness (QED) is 0.623. The Morgan fingerprint density at radius 3 is 2.50 bits per heavy atom. The fourth-order valence-electron chi connectivity index (χ4n) is 0.638. The molecule has 1 rings (SSSR count). The average Bonchev–Trinajstić information content (AvgIpc) is 1.88. The maximum atomic E-state index is 5.56. The maximum Gasteiger partial charge on any atom is 0.0751 e. The van der Waals surface area contributed by atoms with Gasteiger partial charge in [-0.05, 0) is 13.8 Å². The van der Waals surface area contributed by atoms with E-state index in [9.17, 15) is 0 Å². The number of hydrogen-bond acceptors (Lipinski definition) is 3. The Morgan fingerprint density at radius 2 is 2.10 bits per heavy atom. The standard InChI is InChI=1S/C7H11N3/c1-5-3-10-7(4-9-5)6(2)8/h3-4,6H,8H2,1-2H3/t6-/m1/s1. The average molecular weight is 137 g/mol. The molecule has 0 aliphatic heterocycles. The molecule has 0 aliphatic carbocycles. The fourth-order valence-corrected chi connectivity index (χ4v) is 0.638. The topological polar surface area (TPSA) is 51.8 Å².